The topological polar surface area (TPSA) is 52.6 Å². The van der Waals surface area contributed by atoms with Crippen molar-refractivity contribution in [3.05, 3.63) is 63.9 Å². The van der Waals surface area contributed by atoms with Crippen molar-refractivity contribution < 1.29 is 19.1 Å². The molecule has 0 N–H and O–H groups in total. The molecule has 2 rings (SSSR count). The van der Waals surface area contributed by atoms with Crippen LogP contribution in [0.5, 0.6) is 0 Å². The van der Waals surface area contributed by atoms with Gasteiger partial charge in [0, 0.05) is 18.4 Å². The number of thiophene rings is 1. The van der Waals surface area contributed by atoms with E-state index in [9.17, 15) is 9.59 Å². The van der Waals surface area contributed by atoms with E-state index >= 15 is 0 Å². The van der Waals surface area contributed by atoms with E-state index in [4.69, 9.17) is 9.47 Å². The molecule has 0 unspecified atom stereocenters. The van der Waals surface area contributed by atoms with Crippen LogP contribution in [0.3, 0.4) is 0 Å². The molecule has 0 atom stereocenters. The molecular weight excluding hydrogens is 312 g/mol. The maximum Gasteiger partial charge on any atom is 0.341 e. The average molecular weight is 330 g/mol. The minimum atomic E-state index is -0.614. The Morgan fingerprint density at radius 3 is 2.52 bits per heavy atom. The van der Waals surface area contributed by atoms with Crippen LogP contribution >= 0.6 is 11.3 Å². The van der Waals surface area contributed by atoms with Gasteiger partial charge in [-0.15, -0.1) is 11.3 Å². The molecule has 0 aliphatic heterocycles. The van der Waals surface area contributed by atoms with Crippen molar-refractivity contribution in [2.45, 2.75) is 6.42 Å². The minimum absolute atomic E-state index is 0.0624. The van der Waals surface area contributed by atoms with Crippen LogP contribution in [0, 0.1) is 0 Å². The van der Waals surface area contributed by atoms with Crippen molar-refractivity contribution in [2.75, 3.05) is 20.3 Å². The van der Waals surface area contributed by atoms with Gasteiger partial charge < -0.3 is 9.47 Å². The van der Waals surface area contributed by atoms with Crippen LogP contribution < -0.4 is 0 Å². The summed E-state index contributed by atoms with van der Waals surface area (Å²) in [6, 6.07) is 13.0. The van der Waals surface area contributed by atoms with E-state index in [0.29, 0.717) is 6.61 Å². The largest absolute Gasteiger partial charge is 0.460 e. The van der Waals surface area contributed by atoms with Crippen LogP contribution in [0.25, 0.3) is 6.08 Å². The highest BCUT2D eigenvalue weighted by Crippen LogP contribution is 2.16. The maximum absolute atomic E-state index is 12.5. The third-order valence-corrected chi connectivity index (χ3v) is 3.90. The molecule has 120 valence electrons. The van der Waals surface area contributed by atoms with Crippen molar-refractivity contribution in [1.82, 2.24) is 0 Å². The number of methoxy groups -OCH3 is 1. The second-order valence-electron chi connectivity index (χ2n) is 4.79. The zero-order valence-corrected chi connectivity index (χ0v) is 13.7. The zero-order chi connectivity index (χ0) is 16.5. The van der Waals surface area contributed by atoms with Gasteiger partial charge in [0.1, 0.15) is 12.2 Å². The summed E-state index contributed by atoms with van der Waals surface area (Å²) < 4.78 is 9.96. The molecule has 0 fully saturated rings. The lowest BCUT2D eigenvalue weighted by Crippen LogP contribution is -2.19. The van der Waals surface area contributed by atoms with Gasteiger partial charge in [-0.3, -0.25) is 4.79 Å². The van der Waals surface area contributed by atoms with Gasteiger partial charge in [0.15, 0.2) is 5.78 Å². The maximum atomic E-state index is 12.5. The molecular formula is C18H18O4S. The van der Waals surface area contributed by atoms with Gasteiger partial charge in [0.25, 0.3) is 0 Å². The Morgan fingerprint density at radius 1 is 1.09 bits per heavy atom. The standard InChI is InChI=1S/C18H18O4S/c1-21-9-10-22-18(20)16(13-15-8-5-11-23-15)17(19)12-14-6-3-2-4-7-14/h2-8,11,13H,9-10,12H2,1H3/b16-13-. The van der Waals surface area contributed by atoms with E-state index in [2.05, 4.69) is 0 Å². The van der Waals surface area contributed by atoms with Gasteiger partial charge in [-0.05, 0) is 23.1 Å². The fourth-order valence-electron chi connectivity index (χ4n) is 1.94. The average Bonchev–Trinajstić information content (AvgIpc) is 3.06. The van der Waals surface area contributed by atoms with E-state index in [1.807, 2.05) is 47.8 Å². The Balaban J connectivity index is 2.15. The first kappa shape index (κ1) is 17.1. The second-order valence-corrected chi connectivity index (χ2v) is 5.77. The van der Waals surface area contributed by atoms with E-state index in [1.54, 1.807) is 6.08 Å². The molecule has 1 heterocycles. The lowest BCUT2D eigenvalue weighted by molar-refractivity contribution is -0.141. The number of Topliss-reactive ketones (excluding diaryl/α,β-unsaturated/α-hetero) is 1. The smallest absolute Gasteiger partial charge is 0.341 e. The third-order valence-electron chi connectivity index (χ3n) is 3.08. The Labute approximate surface area is 139 Å². The minimum Gasteiger partial charge on any atom is -0.460 e. The first-order valence-corrected chi connectivity index (χ1v) is 8.07. The number of esters is 1. The molecule has 0 amide bonds. The molecule has 1 aromatic heterocycles. The predicted octanol–water partition coefficient (Wildman–Crippen LogP) is 3.13. The monoisotopic (exact) mass is 330 g/mol. The van der Waals surface area contributed by atoms with Crippen molar-refractivity contribution in [3.63, 3.8) is 0 Å². The Kier molecular flexibility index (Phi) is 6.72. The SMILES string of the molecule is COCCOC(=O)/C(=C\c1cccs1)C(=O)Cc1ccccc1. The number of benzene rings is 1. The molecule has 0 bridgehead atoms. The quantitative estimate of drug-likeness (QED) is 0.245. The first-order chi connectivity index (χ1) is 11.2. The highest BCUT2D eigenvalue weighted by atomic mass is 32.1. The fourth-order valence-corrected chi connectivity index (χ4v) is 2.60. The van der Waals surface area contributed by atoms with Crippen LogP contribution in [0.2, 0.25) is 0 Å². The van der Waals surface area contributed by atoms with E-state index < -0.39 is 5.97 Å². The molecule has 0 radical (unpaired) electrons. The highest BCUT2D eigenvalue weighted by Gasteiger charge is 2.20. The number of hydrogen-bond donors (Lipinski definition) is 0. The van der Waals surface area contributed by atoms with Gasteiger partial charge >= 0.3 is 5.97 Å². The van der Waals surface area contributed by atoms with Gasteiger partial charge in [-0.25, -0.2) is 4.79 Å². The van der Waals surface area contributed by atoms with Crippen molar-refractivity contribution in [2.24, 2.45) is 0 Å². The molecule has 1 aromatic carbocycles. The van der Waals surface area contributed by atoms with E-state index in [0.717, 1.165) is 10.4 Å². The highest BCUT2D eigenvalue weighted by molar-refractivity contribution is 7.10. The second kappa shape index (κ2) is 9.02. The first-order valence-electron chi connectivity index (χ1n) is 7.19. The summed E-state index contributed by atoms with van der Waals surface area (Å²) in [5.74, 6) is -0.872. The number of rotatable bonds is 8. The Morgan fingerprint density at radius 2 is 1.87 bits per heavy atom. The molecule has 0 saturated heterocycles. The van der Waals surface area contributed by atoms with E-state index in [-0.39, 0.29) is 24.4 Å². The number of ether oxygens (including phenoxy) is 2. The predicted molar refractivity (Wildman–Crippen MR) is 90.3 cm³/mol. The van der Waals surface area contributed by atoms with Gasteiger partial charge in [-0.1, -0.05) is 36.4 Å². The summed E-state index contributed by atoms with van der Waals surface area (Å²) in [5, 5.41) is 1.89. The lowest BCUT2D eigenvalue weighted by Gasteiger charge is -2.07. The fraction of sp³-hybridized carbons (Fsp3) is 0.222. The molecule has 0 saturated carbocycles. The number of carbonyl (C=O) groups is 2. The number of hydrogen-bond acceptors (Lipinski definition) is 5. The van der Waals surface area contributed by atoms with E-state index in [1.165, 1.54) is 18.4 Å². The molecule has 5 heteroatoms. The molecule has 4 nitrogen and oxygen atoms in total. The van der Waals surface area contributed by atoms with Crippen LogP contribution in [0.1, 0.15) is 10.4 Å². The molecule has 23 heavy (non-hydrogen) atoms. The summed E-state index contributed by atoms with van der Waals surface area (Å²) in [6.07, 6.45) is 1.75. The third kappa shape index (κ3) is 5.47. The van der Waals surface area contributed by atoms with Crippen LogP contribution in [-0.2, 0) is 25.5 Å². The van der Waals surface area contributed by atoms with Crippen molar-refractivity contribution in [3.8, 4) is 0 Å². The number of ketones is 1. The van der Waals surface area contributed by atoms with Crippen molar-refractivity contribution in [1.29, 1.82) is 0 Å². The Bertz CT molecular complexity index is 660. The van der Waals surface area contributed by atoms with Crippen LogP contribution in [0.15, 0.2) is 53.4 Å². The van der Waals surface area contributed by atoms with Crippen LogP contribution in [-0.4, -0.2) is 32.1 Å². The van der Waals surface area contributed by atoms with Crippen LogP contribution in [0.4, 0.5) is 0 Å². The zero-order valence-electron chi connectivity index (χ0n) is 12.9. The summed E-state index contributed by atoms with van der Waals surface area (Å²) in [7, 11) is 1.52. The molecule has 0 spiro atoms. The summed E-state index contributed by atoms with van der Waals surface area (Å²) in [6.45, 7) is 0.417. The summed E-state index contributed by atoms with van der Waals surface area (Å²) >= 11 is 1.46. The molecule has 0 aliphatic carbocycles. The summed E-state index contributed by atoms with van der Waals surface area (Å²) in [4.78, 5) is 25.6. The molecule has 2 aromatic rings. The van der Waals surface area contributed by atoms with Gasteiger partial charge in [0.2, 0.25) is 0 Å². The van der Waals surface area contributed by atoms with Gasteiger partial charge in [-0.2, -0.15) is 0 Å². The normalized spacial score (nSPS) is 11.3. The molecule has 0 aliphatic rings. The van der Waals surface area contributed by atoms with Crippen molar-refractivity contribution >= 4 is 29.2 Å². The van der Waals surface area contributed by atoms with Gasteiger partial charge in [0.05, 0.1) is 6.61 Å². The number of carbonyl (C=O) groups excluding carboxylic acids is 2. The Hall–Kier alpha value is -2.24. The lowest BCUT2D eigenvalue weighted by atomic mass is 10.0. The summed E-state index contributed by atoms with van der Waals surface area (Å²) in [5.41, 5.74) is 0.923.